The Hall–Kier alpha value is -2.71. The molecule has 8 heteroatoms. The fourth-order valence-electron chi connectivity index (χ4n) is 2.93. The van der Waals surface area contributed by atoms with Crippen LogP contribution in [0.3, 0.4) is 0 Å². The van der Waals surface area contributed by atoms with Gasteiger partial charge in [0.25, 0.3) is 11.8 Å². The van der Waals surface area contributed by atoms with Gasteiger partial charge in [0.05, 0.1) is 18.2 Å². The molecule has 1 aliphatic rings. The first-order chi connectivity index (χ1) is 12.4. The predicted octanol–water partition coefficient (Wildman–Crippen LogP) is 1.87. The molecule has 1 aromatic heterocycles. The molecule has 3 N–H and O–H groups in total. The number of nitrogens with two attached hydrogens (primary N) is 1. The lowest BCUT2D eigenvalue weighted by Crippen LogP contribution is -2.27. The molecule has 0 spiro atoms. The molecular weight excluding hydrogens is 354 g/mol. The number of carbonyl (C=O) groups excluding carboxylic acids is 3. The number of likely N-dealkylation sites (N-methyl/N-ethyl adjacent to an activating group) is 1. The number of amides is 2. The molecule has 1 aromatic carbocycles. The van der Waals surface area contributed by atoms with E-state index in [2.05, 4.69) is 15.0 Å². The number of esters is 1. The number of rotatable bonds is 4. The molecule has 136 valence electrons. The summed E-state index contributed by atoms with van der Waals surface area (Å²) in [4.78, 5) is 39.1. The van der Waals surface area contributed by atoms with Crippen molar-refractivity contribution in [1.29, 1.82) is 0 Å². The number of primary amides is 1. The Morgan fingerprint density at radius 1 is 1.19 bits per heavy atom. The van der Waals surface area contributed by atoms with Gasteiger partial charge in [0.2, 0.25) is 0 Å². The van der Waals surface area contributed by atoms with Gasteiger partial charge in [-0.15, -0.1) is 11.3 Å². The van der Waals surface area contributed by atoms with Crippen LogP contribution in [0, 0.1) is 0 Å². The van der Waals surface area contributed by atoms with E-state index in [0.717, 1.165) is 30.0 Å². The van der Waals surface area contributed by atoms with Gasteiger partial charge < -0.3 is 20.7 Å². The van der Waals surface area contributed by atoms with E-state index in [1.54, 1.807) is 0 Å². The normalized spacial score (nSPS) is 13.8. The highest BCUT2D eigenvalue weighted by Gasteiger charge is 2.26. The van der Waals surface area contributed by atoms with Crippen LogP contribution in [-0.2, 0) is 17.7 Å². The highest BCUT2D eigenvalue weighted by Crippen LogP contribution is 2.36. The Morgan fingerprint density at radius 3 is 2.46 bits per heavy atom. The van der Waals surface area contributed by atoms with Crippen molar-refractivity contribution in [3.05, 3.63) is 51.4 Å². The maximum atomic E-state index is 12.5. The predicted molar refractivity (Wildman–Crippen MR) is 98.6 cm³/mol. The molecule has 0 saturated heterocycles. The van der Waals surface area contributed by atoms with Gasteiger partial charge in [-0.2, -0.15) is 0 Å². The topological polar surface area (TPSA) is 102 Å². The van der Waals surface area contributed by atoms with Gasteiger partial charge in [0.1, 0.15) is 5.00 Å². The molecule has 26 heavy (non-hydrogen) atoms. The molecule has 0 atom stereocenters. The fourth-order valence-corrected chi connectivity index (χ4v) is 4.26. The van der Waals surface area contributed by atoms with Gasteiger partial charge in [-0.3, -0.25) is 9.59 Å². The number of benzene rings is 1. The lowest BCUT2D eigenvalue weighted by Gasteiger charge is -2.22. The summed E-state index contributed by atoms with van der Waals surface area (Å²) in [5, 5.41) is 3.26. The third-order valence-corrected chi connectivity index (χ3v) is 5.42. The van der Waals surface area contributed by atoms with Gasteiger partial charge in [-0.05, 0) is 43.3 Å². The summed E-state index contributed by atoms with van der Waals surface area (Å²) < 4.78 is 4.64. The van der Waals surface area contributed by atoms with E-state index in [4.69, 9.17) is 5.73 Å². The quantitative estimate of drug-likeness (QED) is 0.797. The van der Waals surface area contributed by atoms with E-state index in [1.165, 1.54) is 42.7 Å². The highest BCUT2D eigenvalue weighted by molar-refractivity contribution is 7.17. The van der Waals surface area contributed by atoms with E-state index in [9.17, 15) is 14.4 Å². The number of hydrogen-bond donors (Lipinski definition) is 2. The molecule has 0 unspecified atom stereocenters. The molecule has 0 radical (unpaired) electrons. The van der Waals surface area contributed by atoms with Crippen molar-refractivity contribution in [1.82, 2.24) is 4.90 Å². The summed E-state index contributed by atoms with van der Waals surface area (Å²) in [6, 6.07) is 6.11. The Labute approximate surface area is 154 Å². The molecule has 7 nitrogen and oxygen atoms in total. The Bertz CT molecular complexity index is 873. The van der Waals surface area contributed by atoms with E-state index in [0.29, 0.717) is 21.7 Å². The van der Waals surface area contributed by atoms with Crippen molar-refractivity contribution >= 4 is 34.1 Å². The van der Waals surface area contributed by atoms with Crippen molar-refractivity contribution in [2.45, 2.75) is 13.0 Å². The number of carbonyl (C=O) groups is 3. The maximum Gasteiger partial charge on any atom is 0.337 e. The summed E-state index contributed by atoms with van der Waals surface area (Å²) in [6.07, 6.45) is 0.726. The first kappa shape index (κ1) is 18.1. The Kier molecular flexibility index (Phi) is 5.06. The second-order valence-electron chi connectivity index (χ2n) is 6.08. The highest BCUT2D eigenvalue weighted by atomic mass is 32.1. The van der Waals surface area contributed by atoms with Crippen molar-refractivity contribution in [3.63, 3.8) is 0 Å². The van der Waals surface area contributed by atoms with Crippen LogP contribution in [0.2, 0.25) is 0 Å². The number of fused-ring (bicyclic) bond motifs is 1. The summed E-state index contributed by atoms with van der Waals surface area (Å²) in [5.74, 6) is -1.37. The minimum Gasteiger partial charge on any atom is -0.465 e. The molecule has 0 saturated carbocycles. The molecule has 3 rings (SSSR count). The zero-order valence-electron chi connectivity index (χ0n) is 14.5. The van der Waals surface area contributed by atoms with Crippen LogP contribution in [0.25, 0.3) is 0 Å². The largest absolute Gasteiger partial charge is 0.465 e. The Balaban J connectivity index is 1.85. The van der Waals surface area contributed by atoms with Gasteiger partial charge in [0, 0.05) is 23.5 Å². The second kappa shape index (κ2) is 7.27. The number of nitrogens with one attached hydrogen (secondary N) is 1. The van der Waals surface area contributed by atoms with Crippen LogP contribution in [0.5, 0.6) is 0 Å². The first-order valence-corrected chi connectivity index (χ1v) is 8.85. The zero-order chi connectivity index (χ0) is 18.8. The summed E-state index contributed by atoms with van der Waals surface area (Å²) in [5.41, 5.74) is 7.61. The number of nitrogens with zero attached hydrogens (tertiary/aromatic N) is 1. The monoisotopic (exact) mass is 373 g/mol. The first-order valence-electron chi connectivity index (χ1n) is 8.03. The maximum absolute atomic E-state index is 12.5. The van der Waals surface area contributed by atoms with Gasteiger partial charge >= 0.3 is 5.97 Å². The SMILES string of the molecule is COC(=O)c1ccc(C(=O)Nc2sc3c(c2C(N)=O)CCN(C)C3)cc1. The van der Waals surface area contributed by atoms with Crippen LogP contribution in [0.15, 0.2) is 24.3 Å². The van der Waals surface area contributed by atoms with Gasteiger partial charge in [-0.25, -0.2) is 4.79 Å². The van der Waals surface area contributed by atoms with E-state index < -0.39 is 11.9 Å². The van der Waals surface area contributed by atoms with Crippen molar-refractivity contribution in [3.8, 4) is 0 Å². The summed E-state index contributed by atoms with van der Waals surface area (Å²) in [6.45, 7) is 1.57. The molecular formula is C18H19N3O4S. The summed E-state index contributed by atoms with van der Waals surface area (Å²) in [7, 11) is 3.30. The summed E-state index contributed by atoms with van der Waals surface area (Å²) >= 11 is 1.38. The van der Waals surface area contributed by atoms with E-state index in [-0.39, 0.29) is 5.91 Å². The molecule has 2 heterocycles. The minimum absolute atomic E-state index is 0.358. The third kappa shape index (κ3) is 3.47. The van der Waals surface area contributed by atoms with E-state index >= 15 is 0 Å². The van der Waals surface area contributed by atoms with Crippen molar-refractivity contribution < 1.29 is 19.1 Å². The standard InChI is InChI=1S/C18H19N3O4S/c1-21-8-7-12-13(9-21)26-17(14(12)15(19)22)20-16(23)10-3-5-11(6-4-10)18(24)25-2/h3-6H,7-9H2,1-2H3,(H2,19,22)(H,20,23). The second-order valence-corrected chi connectivity index (χ2v) is 7.19. The number of methoxy groups -OCH3 is 1. The molecule has 0 aliphatic carbocycles. The smallest absolute Gasteiger partial charge is 0.337 e. The van der Waals surface area contributed by atoms with Crippen LogP contribution in [0.1, 0.15) is 41.5 Å². The van der Waals surface area contributed by atoms with Crippen LogP contribution >= 0.6 is 11.3 Å². The molecule has 2 amide bonds. The fraction of sp³-hybridized carbons (Fsp3) is 0.278. The number of thiophene rings is 1. The third-order valence-electron chi connectivity index (χ3n) is 4.29. The van der Waals surface area contributed by atoms with Crippen LogP contribution in [-0.4, -0.2) is 43.4 Å². The number of hydrogen-bond acceptors (Lipinski definition) is 6. The molecule has 2 aromatic rings. The average molecular weight is 373 g/mol. The molecule has 0 fully saturated rings. The average Bonchev–Trinajstić information content (AvgIpc) is 2.98. The number of ether oxygens (including phenoxy) is 1. The van der Waals surface area contributed by atoms with Crippen molar-refractivity contribution in [2.24, 2.45) is 5.73 Å². The molecule has 1 aliphatic heterocycles. The lowest BCUT2D eigenvalue weighted by atomic mass is 10.0. The van der Waals surface area contributed by atoms with Gasteiger partial charge in [0.15, 0.2) is 0 Å². The van der Waals surface area contributed by atoms with Crippen LogP contribution in [0.4, 0.5) is 5.00 Å². The zero-order valence-corrected chi connectivity index (χ0v) is 15.3. The number of anilines is 1. The molecule has 0 bridgehead atoms. The lowest BCUT2D eigenvalue weighted by molar-refractivity contribution is 0.0600. The Morgan fingerprint density at radius 2 is 1.85 bits per heavy atom. The minimum atomic E-state index is -0.539. The van der Waals surface area contributed by atoms with Crippen molar-refractivity contribution in [2.75, 3.05) is 26.0 Å². The van der Waals surface area contributed by atoms with Gasteiger partial charge in [-0.1, -0.05) is 0 Å². The van der Waals surface area contributed by atoms with E-state index in [1.807, 2.05) is 7.05 Å². The van der Waals surface area contributed by atoms with Crippen LogP contribution < -0.4 is 11.1 Å².